The largest absolute Gasteiger partial charge is 0.381 e. The number of anilines is 1. The van der Waals surface area contributed by atoms with Crippen molar-refractivity contribution in [3.63, 3.8) is 0 Å². The molecule has 5 rings (SSSR count). The molecule has 0 bridgehead atoms. The molecule has 0 aromatic heterocycles. The molecule has 0 radical (unpaired) electrons. The molecule has 9 heteroatoms. The standard InChI is InChI=1S/C28H38N4O5/c1-31(17-18-7-3-2-4-8-18)13-6-14-37-20-15-19(16-20)29-22-10-5-9-21-25(22)28(36)32(27(21)35)23-11-12-24(33)30-26(23)34/h5,9-10,18-20,23,29H,2-4,6-8,11-17H2,1H3,(H,30,33,34). The summed E-state index contributed by atoms with van der Waals surface area (Å²) in [5.41, 5.74) is 1.21. The molecule has 2 N–H and O–H groups in total. The fourth-order valence-electron chi connectivity index (χ4n) is 6.16. The van der Waals surface area contributed by atoms with Crippen LogP contribution in [0.25, 0.3) is 0 Å². The van der Waals surface area contributed by atoms with Gasteiger partial charge in [0, 0.05) is 37.8 Å². The summed E-state index contributed by atoms with van der Waals surface area (Å²) in [5.74, 6) is -1.09. The van der Waals surface area contributed by atoms with Gasteiger partial charge in [0.1, 0.15) is 6.04 Å². The Morgan fingerprint density at radius 2 is 1.84 bits per heavy atom. The van der Waals surface area contributed by atoms with Crippen LogP contribution in [0.2, 0.25) is 0 Å². The highest BCUT2D eigenvalue weighted by Gasteiger charge is 2.46. The van der Waals surface area contributed by atoms with Gasteiger partial charge in [-0.25, -0.2) is 0 Å². The van der Waals surface area contributed by atoms with Crippen LogP contribution in [-0.2, 0) is 14.3 Å². The molecule has 2 aliphatic heterocycles. The molecule has 200 valence electrons. The zero-order valence-electron chi connectivity index (χ0n) is 21.7. The van der Waals surface area contributed by atoms with Gasteiger partial charge in [-0.05, 0) is 63.6 Å². The Bertz CT molecular complexity index is 1050. The van der Waals surface area contributed by atoms with Crippen LogP contribution < -0.4 is 10.6 Å². The van der Waals surface area contributed by atoms with Gasteiger partial charge in [0.2, 0.25) is 11.8 Å². The molecular weight excluding hydrogens is 472 g/mol. The third-order valence-corrected chi connectivity index (χ3v) is 8.25. The van der Waals surface area contributed by atoms with Crippen LogP contribution in [0, 0.1) is 5.92 Å². The first-order valence-electron chi connectivity index (χ1n) is 13.8. The zero-order chi connectivity index (χ0) is 25.9. The lowest BCUT2D eigenvalue weighted by Gasteiger charge is -2.36. The first-order chi connectivity index (χ1) is 17.9. The van der Waals surface area contributed by atoms with Crippen molar-refractivity contribution in [2.45, 2.75) is 82.4 Å². The molecule has 37 heavy (non-hydrogen) atoms. The summed E-state index contributed by atoms with van der Waals surface area (Å²) in [5, 5.41) is 5.65. The smallest absolute Gasteiger partial charge is 0.264 e. The highest BCUT2D eigenvalue weighted by Crippen LogP contribution is 2.35. The summed E-state index contributed by atoms with van der Waals surface area (Å²) in [6.45, 7) is 3.00. The van der Waals surface area contributed by atoms with Crippen molar-refractivity contribution in [3.05, 3.63) is 29.3 Å². The fraction of sp³-hybridized carbons (Fsp3) is 0.643. The quantitative estimate of drug-likeness (QED) is 0.368. The maximum absolute atomic E-state index is 13.2. The average Bonchev–Trinajstić information content (AvgIpc) is 3.11. The Balaban J connectivity index is 1.07. The van der Waals surface area contributed by atoms with Gasteiger partial charge in [0.15, 0.2) is 0 Å². The van der Waals surface area contributed by atoms with Crippen molar-refractivity contribution in [1.29, 1.82) is 0 Å². The van der Waals surface area contributed by atoms with E-state index in [4.69, 9.17) is 4.74 Å². The van der Waals surface area contributed by atoms with Crippen molar-refractivity contribution >= 4 is 29.3 Å². The third-order valence-electron chi connectivity index (χ3n) is 8.25. The molecule has 4 aliphatic rings. The number of piperidine rings is 1. The second-order valence-electron chi connectivity index (χ2n) is 11.1. The number of rotatable bonds is 10. The molecule has 1 atom stereocenters. The van der Waals surface area contributed by atoms with Crippen molar-refractivity contribution in [2.75, 3.05) is 32.1 Å². The van der Waals surface area contributed by atoms with Crippen LogP contribution in [0.15, 0.2) is 18.2 Å². The molecule has 2 saturated carbocycles. The van der Waals surface area contributed by atoms with E-state index in [0.717, 1.165) is 43.2 Å². The summed E-state index contributed by atoms with van der Waals surface area (Å²) >= 11 is 0. The van der Waals surface area contributed by atoms with E-state index in [1.807, 2.05) is 0 Å². The van der Waals surface area contributed by atoms with E-state index >= 15 is 0 Å². The van der Waals surface area contributed by atoms with Gasteiger partial charge in [0.05, 0.1) is 17.2 Å². The molecule has 1 aromatic carbocycles. The van der Waals surface area contributed by atoms with Crippen LogP contribution in [0.1, 0.15) is 84.9 Å². The first-order valence-corrected chi connectivity index (χ1v) is 13.8. The van der Waals surface area contributed by atoms with Gasteiger partial charge < -0.3 is 15.0 Å². The normalized spacial score (nSPS) is 26.3. The van der Waals surface area contributed by atoms with Crippen LogP contribution in [0.4, 0.5) is 5.69 Å². The molecular formula is C28H38N4O5. The number of carbonyl (C=O) groups is 4. The van der Waals surface area contributed by atoms with Gasteiger partial charge in [-0.2, -0.15) is 0 Å². The lowest BCUT2D eigenvalue weighted by Crippen LogP contribution is -2.54. The molecule has 4 amide bonds. The van der Waals surface area contributed by atoms with E-state index in [-0.39, 0.29) is 30.9 Å². The van der Waals surface area contributed by atoms with E-state index in [0.29, 0.717) is 16.8 Å². The topological polar surface area (TPSA) is 108 Å². The molecule has 1 saturated heterocycles. The van der Waals surface area contributed by atoms with E-state index in [2.05, 4.69) is 22.6 Å². The third kappa shape index (κ3) is 5.72. The maximum atomic E-state index is 13.2. The fourth-order valence-corrected chi connectivity index (χ4v) is 6.16. The number of amides is 4. The predicted molar refractivity (Wildman–Crippen MR) is 138 cm³/mol. The van der Waals surface area contributed by atoms with Gasteiger partial charge in [-0.15, -0.1) is 0 Å². The van der Waals surface area contributed by atoms with Gasteiger partial charge in [0.25, 0.3) is 11.8 Å². The number of nitrogens with one attached hydrogen (secondary N) is 2. The zero-order valence-corrected chi connectivity index (χ0v) is 21.7. The number of benzene rings is 1. The summed E-state index contributed by atoms with van der Waals surface area (Å²) in [6.07, 6.45) is 10.1. The van der Waals surface area contributed by atoms with Crippen LogP contribution >= 0.6 is 0 Å². The molecule has 2 aliphatic carbocycles. The number of fused-ring (bicyclic) bond motifs is 1. The average molecular weight is 511 g/mol. The van der Waals surface area contributed by atoms with E-state index in [9.17, 15) is 19.2 Å². The number of carbonyl (C=O) groups excluding carboxylic acids is 4. The van der Waals surface area contributed by atoms with Crippen LogP contribution in [0.5, 0.6) is 0 Å². The molecule has 1 unspecified atom stereocenters. The lowest BCUT2D eigenvalue weighted by atomic mass is 9.88. The Labute approximate surface area is 218 Å². The highest BCUT2D eigenvalue weighted by atomic mass is 16.5. The minimum absolute atomic E-state index is 0.106. The first kappa shape index (κ1) is 25.9. The van der Waals surface area contributed by atoms with Gasteiger partial charge >= 0.3 is 0 Å². The van der Waals surface area contributed by atoms with E-state index in [1.54, 1.807) is 18.2 Å². The summed E-state index contributed by atoms with van der Waals surface area (Å²) in [7, 11) is 2.21. The van der Waals surface area contributed by atoms with Crippen molar-refractivity contribution in [1.82, 2.24) is 15.1 Å². The predicted octanol–water partition coefficient (Wildman–Crippen LogP) is 2.95. The van der Waals surface area contributed by atoms with E-state index in [1.165, 1.54) is 38.6 Å². The Morgan fingerprint density at radius 1 is 1.05 bits per heavy atom. The Kier molecular flexibility index (Phi) is 7.90. The van der Waals surface area contributed by atoms with Gasteiger partial charge in [-0.3, -0.25) is 29.4 Å². The molecule has 3 fully saturated rings. The Morgan fingerprint density at radius 3 is 2.59 bits per heavy atom. The lowest BCUT2D eigenvalue weighted by molar-refractivity contribution is -0.136. The van der Waals surface area contributed by atoms with Crippen molar-refractivity contribution < 1.29 is 23.9 Å². The van der Waals surface area contributed by atoms with Crippen LogP contribution in [-0.4, -0.2) is 78.4 Å². The number of hydrogen-bond donors (Lipinski definition) is 2. The number of imide groups is 2. The number of hydrogen-bond acceptors (Lipinski definition) is 7. The van der Waals surface area contributed by atoms with Crippen molar-refractivity contribution in [2.24, 2.45) is 5.92 Å². The second-order valence-corrected chi connectivity index (χ2v) is 11.1. The minimum Gasteiger partial charge on any atom is -0.381 e. The molecule has 1 aromatic rings. The highest BCUT2D eigenvalue weighted by molar-refractivity contribution is 6.25. The minimum atomic E-state index is -0.957. The van der Waals surface area contributed by atoms with E-state index < -0.39 is 23.8 Å². The summed E-state index contributed by atoms with van der Waals surface area (Å²) in [4.78, 5) is 53.5. The molecule has 2 heterocycles. The monoisotopic (exact) mass is 510 g/mol. The SMILES string of the molecule is CN(CCCOC1CC(Nc2cccc3c2C(=O)N(C2CCC(=O)NC2=O)C3=O)C1)CC1CCCCC1. The maximum Gasteiger partial charge on any atom is 0.264 e. The molecule has 9 nitrogen and oxygen atoms in total. The molecule has 0 spiro atoms. The Hall–Kier alpha value is -2.78. The second kappa shape index (κ2) is 11.3. The number of ether oxygens (including phenoxy) is 1. The van der Waals surface area contributed by atoms with Crippen molar-refractivity contribution in [3.8, 4) is 0 Å². The van der Waals surface area contributed by atoms with Gasteiger partial charge in [-0.1, -0.05) is 25.3 Å². The summed E-state index contributed by atoms with van der Waals surface area (Å²) < 4.78 is 6.07. The number of nitrogens with zero attached hydrogens (tertiary/aromatic N) is 2. The summed E-state index contributed by atoms with van der Waals surface area (Å²) in [6, 6.07) is 4.37. The van der Waals surface area contributed by atoms with Crippen LogP contribution in [0.3, 0.4) is 0 Å².